The molecule has 0 aliphatic rings. The molecule has 0 saturated carbocycles. The fourth-order valence-electron chi connectivity index (χ4n) is 3.18. The van der Waals surface area contributed by atoms with Crippen LogP contribution in [0.15, 0.2) is 84.9 Å². The zero-order chi connectivity index (χ0) is 20.2. The summed E-state index contributed by atoms with van der Waals surface area (Å²) in [6, 6.07) is 25.9. The van der Waals surface area contributed by atoms with Crippen LogP contribution in [0, 0.1) is 6.92 Å². The molecular weight excluding hydrogens is 362 g/mol. The molecule has 142 valence electrons. The fraction of sp³-hybridized carbons (Fsp3) is 0.0800. The Morgan fingerprint density at radius 1 is 0.862 bits per heavy atom. The number of nitrogens with zero attached hydrogens (tertiary/aromatic N) is 1. The molecule has 0 N–H and O–H groups in total. The minimum absolute atomic E-state index is 0.239. The first-order valence-corrected chi connectivity index (χ1v) is 9.34. The molecule has 0 spiro atoms. The summed E-state index contributed by atoms with van der Waals surface area (Å²) in [6.45, 7) is 1.65. The minimum Gasteiger partial charge on any atom is -0.454 e. The maximum absolute atomic E-state index is 12.9. The van der Waals surface area contributed by atoms with Crippen molar-refractivity contribution >= 4 is 22.7 Å². The topological polar surface area (TPSA) is 56.3 Å². The molecule has 0 aliphatic carbocycles. The maximum atomic E-state index is 12.9. The molecule has 0 amide bonds. The number of carbonyl (C=O) groups excluding carboxylic acids is 2. The Labute approximate surface area is 168 Å². The fourth-order valence-corrected chi connectivity index (χ4v) is 3.18. The second-order valence-corrected chi connectivity index (χ2v) is 6.81. The van der Waals surface area contributed by atoms with Crippen LogP contribution in [0.2, 0.25) is 0 Å². The Morgan fingerprint density at radius 2 is 1.55 bits per heavy atom. The third-order valence-corrected chi connectivity index (χ3v) is 4.68. The summed E-state index contributed by atoms with van der Waals surface area (Å²) in [5, 5.41) is 0.710. The summed E-state index contributed by atoms with van der Waals surface area (Å²) in [7, 11) is 0. The molecular formula is C25H19NO3. The van der Waals surface area contributed by atoms with Crippen LogP contribution in [0.25, 0.3) is 22.2 Å². The lowest BCUT2D eigenvalue weighted by Crippen LogP contribution is -2.15. The van der Waals surface area contributed by atoms with Crippen molar-refractivity contribution in [3.8, 4) is 11.3 Å². The highest BCUT2D eigenvalue weighted by Crippen LogP contribution is 2.26. The Hall–Kier alpha value is -3.79. The molecule has 1 aromatic heterocycles. The Kier molecular flexibility index (Phi) is 5.16. The number of fused-ring (bicyclic) bond motifs is 1. The van der Waals surface area contributed by atoms with E-state index in [1.165, 1.54) is 0 Å². The van der Waals surface area contributed by atoms with E-state index in [0.29, 0.717) is 27.7 Å². The van der Waals surface area contributed by atoms with Crippen LogP contribution in [0.1, 0.15) is 26.3 Å². The molecule has 0 saturated heterocycles. The van der Waals surface area contributed by atoms with Gasteiger partial charge in [-0.25, -0.2) is 9.78 Å². The van der Waals surface area contributed by atoms with Crippen molar-refractivity contribution in [2.24, 2.45) is 0 Å². The van der Waals surface area contributed by atoms with Crippen LogP contribution in [-0.4, -0.2) is 23.3 Å². The molecule has 4 heteroatoms. The number of esters is 1. The van der Waals surface area contributed by atoms with E-state index in [2.05, 4.69) is 0 Å². The first-order valence-electron chi connectivity index (χ1n) is 9.34. The van der Waals surface area contributed by atoms with Gasteiger partial charge < -0.3 is 4.74 Å². The highest BCUT2D eigenvalue weighted by molar-refractivity contribution is 6.06. The number of Topliss-reactive ketones (excluding diaryl/α,β-unsaturated/α-hetero) is 1. The number of benzene rings is 3. The van der Waals surface area contributed by atoms with Gasteiger partial charge in [0.15, 0.2) is 12.4 Å². The lowest BCUT2D eigenvalue weighted by atomic mass is 10.0. The third-order valence-electron chi connectivity index (χ3n) is 4.68. The second-order valence-electron chi connectivity index (χ2n) is 6.81. The molecule has 0 bridgehead atoms. The van der Waals surface area contributed by atoms with Gasteiger partial charge in [-0.15, -0.1) is 0 Å². The highest BCUT2D eigenvalue weighted by atomic mass is 16.5. The summed E-state index contributed by atoms with van der Waals surface area (Å²) < 4.78 is 5.37. The van der Waals surface area contributed by atoms with Crippen molar-refractivity contribution in [2.75, 3.05) is 6.61 Å². The normalized spacial score (nSPS) is 10.7. The van der Waals surface area contributed by atoms with E-state index in [-0.39, 0.29) is 12.4 Å². The third kappa shape index (κ3) is 4.06. The van der Waals surface area contributed by atoms with E-state index in [9.17, 15) is 9.59 Å². The van der Waals surface area contributed by atoms with E-state index in [4.69, 9.17) is 9.72 Å². The minimum atomic E-state index is -0.538. The van der Waals surface area contributed by atoms with Gasteiger partial charge in [-0.3, -0.25) is 4.79 Å². The van der Waals surface area contributed by atoms with Gasteiger partial charge in [0, 0.05) is 16.5 Å². The van der Waals surface area contributed by atoms with Crippen molar-refractivity contribution in [1.29, 1.82) is 0 Å². The van der Waals surface area contributed by atoms with Gasteiger partial charge in [-0.2, -0.15) is 0 Å². The number of pyridine rings is 1. The molecule has 0 fully saturated rings. The van der Waals surface area contributed by atoms with Crippen molar-refractivity contribution < 1.29 is 14.3 Å². The molecule has 29 heavy (non-hydrogen) atoms. The number of rotatable bonds is 5. The Morgan fingerprint density at radius 3 is 2.28 bits per heavy atom. The van der Waals surface area contributed by atoms with Crippen LogP contribution < -0.4 is 0 Å². The second kappa shape index (κ2) is 8.07. The maximum Gasteiger partial charge on any atom is 0.339 e. The van der Waals surface area contributed by atoms with Gasteiger partial charge in [0.2, 0.25) is 0 Å². The first kappa shape index (κ1) is 18.6. The number of carbonyl (C=O) groups is 2. The molecule has 1 heterocycles. The number of aromatic nitrogens is 1. The zero-order valence-electron chi connectivity index (χ0n) is 16.0. The lowest BCUT2D eigenvalue weighted by molar-refractivity contribution is 0.0476. The standard InChI is InChI=1S/C25H19NO3/c1-17-12-13-22-20(14-17)21(15-23(26-22)18-8-4-2-5-9-18)25(28)29-16-24(27)19-10-6-3-7-11-19/h2-15H,16H2,1H3. The number of hydrogen-bond acceptors (Lipinski definition) is 4. The number of ether oxygens (including phenoxy) is 1. The Balaban J connectivity index is 1.68. The molecule has 0 unspecified atom stereocenters. The van der Waals surface area contributed by atoms with Crippen LogP contribution >= 0.6 is 0 Å². The van der Waals surface area contributed by atoms with E-state index in [1.54, 1.807) is 30.3 Å². The summed E-state index contributed by atoms with van der Waals surface area (Å²) in [6.07, 6.45) is 0. The predicted octanol–water partition coefficient (Wildman–Crippen LogP) is 5.25. The quantitative estimate of drug-likeness (QED) is 0.350. The van der Waals surface area contributed by atoms with Gasteiger partial charge in [0.25, 0.3) is 0 Å². The molecule has 0 atom stereocenters. The van der Waals surface area contributed by atoms with Crippen molar-refractivity contribution in [1.82, 2.24) is 4.98 Å². The zero-order valence-corrected chi connectivity index (χ0v) is 16.0. The van der Waals surface area contributed by atoms with Gasteiger partial charge in [0.05, 0.1) is 16.8 Å². The lowest BCUT2D eigenvalue weighted by Gasteiger charge is -2.11. The summed E-state index contributed by atoms with van der Waals surface area (Å²) in [4.78, 5) is 29.9. The monoisotopic (exact) mass is 381 g/mol. The summed E-state index contributed by atoms with van der Waals surface area (Å²) in [5.74, 6) is -0.777. The van der Waals surface area contributed by atoms with E-state index in [0.717, 1.165) is 11.1 Å². The average Bonchev–Trinajstić information content (AvgIpc) is 2.77. The predicted molar refractivity (Wildman–Crippen MR) is 113 cm³/mol. The van der Waals surface area contributed by atoms with Crippen LogP contribution in [0.3, 0.4) is 0 Å². The van der Waals surface area contributed by atoms with Crippen LogP contribution in [0.4, 0.5) is 0 Å². The summed E-state index contributed by atoms with van der Waals surface area (Å²) in [5.41, 5.74) is 4.23. The number of ketones is 1. The SMILES string of the molecule is Cc1ccc2nc(-c3ccccc3)cc(C(=O)OCC(=O)c3ccccc3)c2c1. The molecule has 4 aromatic rings. The number of hydrogen-bond donors (Lipinski definition) is 0. The van der Waals surface area contributed by atoms with E-state index >= 15 is 0 Å². The largest absolute Gasteiger partial charge is 0.454 e. The number of aryl methyl sites for hydroxylation is 1. The van der Waals surface area contributed by atoms with Gasteiger partial charge in [0.1, 0.15) is 0 Å². The molecule has 4 nitrogen and oxygen atoms in total. The van der Waals surface area contributed by atoms with Crippen LogP contribution in [0.5, 0.6) is 0 Å². The van der Waals surface area contributed by atoms with Gasteiger partial charge in [-0.05, 0) is 25.1 Å². The van der Waals surface area contributed by atoms with Gasteiger partial charge in [-0.1, -0.05) is 72.3 Å². The van der Waals surface area contributed by atoms with E-state index in [1.807, 2.05) is 61.5 Å². The van der Waals surface area contributed by atoms with Crippen molar-refractivity contribution in [3.63, 3.8) is 0 Å². The first-order chi connectivity index (χ1) is 14.1. The molecule has 3 aromatic carbocycles. The van der Waals surface area contributed by atoms with Crippen molar-refractivity contribution in [2.45, 2.75) is 6.92 Å². The summed E-state index contributed by atoms with van der Waals surface area (Å²) >= 11 is 0. The molecule has 0 radical (unpaired) electrons. The van der Waals surface area contributed by atoms with E-state index < -0.39 is 5.97 Å². The Bertz CT molecular complexity index is 1180. The average molecular weight is 381 g/mol. The molecule has 4 rings (SSSR count). The molecule has 0 aliphatic heterocycles. The highest BCUT2D eigenvalue weighted by Gasteiger charge is 2.17. The smallest absolute Gasteiger partial charge is 0.339 e. The van der Waals surface area contributed by atoms with Crippen molar-refractivity contribution in [3.05, 3.63) is 102 Å². The van der Waals surface area contributed by atoms with Crippen LogP contribution in [-0.2, 0) is 4.74 Å². The van der Waals surface area contributed by atoms with Gasteiger partial charge >= 0.3 is 5.97 Å².